The highest BCUT2D eigenvalue weighted by Crippen LogP contribution is 2.28. The van der Waals surface area contributed by atoms with Crippen LogP contribution in [0, 0.1) is 5.92 Å². The van der Waals surface area contributed by atoms with E-state index >= 15 is 0 Å². The zero-order valence-corrected chi connectivity index (χ0v) is 16.0. The van der Waals surface area contributed by atoms with Gasteiger partial charge in [-0.15, -0.1) is 0 Å². The fourth-order valence-electron chi connectivity index (χ4n) is 3.60. The molecule has 3 atom stereocenters. The first-order valence-electron chi connectivity index (χ1n) is 9.21. The van der Waals surface area contributed by atoms with Crippen LogP contribution in [0.5, 0.6) is 5.75 Å². The highest BCUT2D eigenvalue weighted by Gasteiger charge is 2.38. The first-order chi connectivity index (χ1) is 13.5. The van der Waals surface area contributed by atoms with Crippen molar-refractivity contribution < 1.29 is 24.0 Å². The second kappa shape index (κ2) is 8.88. The quantitative estimate of drug-likeness (QED) is 0.738. The van der Waals surface area contributed by atoms with E-state index < -0.39 is 12.1 Å². The second-order valence-corrected chi connectivity index (χ2v) is 7.08. The molecular weight excluding hydrogens is 362 g/mol. The molecule has 0 radical (unpaired) electrons. The SMILES string of the molecule is COc1ccccc1CC(=O)N[C@@H]1C[C@H](C(=O)N(C)Cc2ccon2)C[C@H]1O. The average Bonchev–Trinajstić information content (AvgIpc) is 3.31. The molecule has 1 aliphatic carbocycles. The van der Waals surface area contributed by atoms with E-state index in [4.69, 9.17) is 9.26 Å². The minimum absolute atomic E-state index is 0.0801. The predicted molar refractivity (Wildman–Crippen MR) is 100 cm³/mol. The van der Waals surface area contributed by atoms with Crippen molar-refractivity contribution in [3.05, 3.63) is 47.9 Å². The van der Waals surface area contributed by atoms with Gasteiger partial charge in [-0.2, -0.15) is 0 Å². The van der Waals surface area contributed by atoms with Crippen LogP contribution in [-0.4, -0.2) is 53.3 Å². The highest BCUT2D eigenvalue weighted by atomic mass is 16.5. The van der Waals surface area contributed by atoms with E-state index in [0.29, 0.717) is 30.8 Å². The third kappa shape index (κ3) is 4.69. The Kier molecular flexibility index (Phi) is 6.30. The standard InChI is InChI=1S/C20H25N3O5/c1-23(12-15-7-8-28-22-15)20(26)14-9-16(17(24)10-14)21-19(25)11-13-5-3-4-6-18(13)27-2/h3-8,14,16-17,24H,9-12H2,1-2H3,(H,21,25)/t14-,16+,17+/m0/s1. The Morgan fingerprint density at radius 2 is 2.11 bits per heavy atom. The Hall–Kier alpha value is -2.87. The number of aromatic nitrogens is 1. The lowest BCUT2D eigenvalue weighted by atomic mass is 10.1. The molecule has 1 saturated carbocycles. The Labute approximate surface area is 163 Å². The van der Waals surface area contributed by atoms with Crippen molar-refractivity contribution in [2.75, 3.05) is 14.2 Å². The maximum Gasteiger partial charge on any atom is 0.225 e. The Morgan fingerprint density at radius 1 is 1.32 bits per heavy atom. The van der Waals surface area contributed by atoms with E-state index in [-0.39, 0.29) is 24.2 Å². The van der Waals surface area contributed by atoms with E-state index in [1.165, 1.54) is 6.26 Å². The molecule has 8 heteroatoms. The van der Waals surface area contributed by atoms with Crippen molar-refractivity contribution >= 4 is 11.8 Å². The van der Waals surface area contributed by atoms with Crippen LogP contribution < -0.4 is 10.1 Å². The molecule has 3 rings (SSSR count). The molecule has 0 spiro atoms. The molecule has 1 aromatic carbocycles. The topological polar surface area (TPSA) is 105 Å². The van der Waals surface area contributed by atoms with Gasteiger partial charge in [-0.1, -0.05) is 23.4 Å². The van der Waals surface area contributed by atoms with E-state index in [1.54, 1.807) is 31.2 Å². The molecule has 1 aliphatic rings. The van der Waals surface area contributed by atoms with Crippen LogP contribution >= 0.6 is 0 Å². The lowest BCUT2D eigenvalue weighted by Crippen LogP contribution is -2.40. The monoisotopic (exact) mass is 387 g/mol. The number of aliphatic hydroxyl groups excluding tert-OH is 1. The van der Waals surface area contributed by atoms with Crippen molar-refractivity contribution in [2.45, 2.75) is 38.0 Å². The van der Waals surface area contributed by atoms with Crippen LogP contribution in [-0.2, 0) is 22.6 Å². The van der Waals surface area contributed by atoms with Crippen LogP contribution in [0.1, 0.15) is 24.1 Å². The number of carbonyl (C=O) groups is 2. The first-order valence-corrected chi connectivity index (χ1v) is 9.21. The molecular formula is C20H25N3O5. The van der Waals surface area contributed by atoms with E-state index in [0.717, 1.165) is 5.56 Å². The summed E-state index contributed by atoms with van der Waals surface area (Å²) in [6, 6.07) is 8.56. The van der Waals surface area contributed by atoms with Crippen molar-refractivity contribution in [3.63, 3.8) is 0 Å². The van der Waals surface area contributed by atoms with E-state index in [2.05, 4.69) is 10.5 Å². The van der Waals surface area contributed by atoms with Gasteiger partial charge in [-0.05, 0) is 18.9 Å². The summed E-state index contributed by atoms with van der Waals surface area (Å²) in [6.45, 7) is 0.340. The summed E-state index contributed by atoms with van der Waals surface area (Å²) >= 11 is 0. The predicted octanol–water partition coefficient (Wildman–Crippen LogP) is 1.14. The average molecular weight is 387 g/mol. The lowest BCUT2D eigenvalue weighted by molar-refractivity contribution is -0.135. The van der Waals surface area contributed by atoms with Gasteiger partial charge >= 0.3 is 0 Å². The van der Waals surface area contributed by atoms with Gasteiger partial charge in [0.2, 0.25) is 11.8 Å². The molecule has 1 aromatic heterocycles. The molecule has 2 amide bonds. The van der Waals surface area contributed by atoms with Crippen molar-refractivity contribution in [1.82, 2.24) is 15.4 Å². The molecule has 0 bridgehead atoms. The minimum Gasteiger partial charge on any atom is -0.496 e. The number of para-hydroxylation sites is 1. The summed E-state index contributed by atoms with van der Waals surface area (Å²) < 4.78 is 10.0. The number of amides is 2. The van der Waals surface area contributed by atoms with Crippen LogP contribution in [0.15, 0.2) is 41.1 Å². The van der Waals surface area contributed by atoms with Gasteiger partial charge in [0.25, 0.3) is 0 Å². The van der Waals surface area contributed by atoms with E-state index in [9.17, 15) is 14.7 Å². The van der Waals surface area contributed by atoms with E-state index in [1.807, 2.05) is 18.2 Å². The van der Waals surface area contributed by atoms with Crippen molar-refractivity contribution in [1.29, 1.82) is 0 Å². The summed E-state index contributed by atoms with van der Waals surface area (Å²) in [5, 5.41) is 17.0. The molecule has 8 nitrogen and oxygen atoms in total. The second-order valence-electron chi connectivity index (χ2n) is 7.08. The number of hydrogen-bond acceptors (Lipinski definition) is 6. The summed E-state index contributed by atoms with van der Waals surface area (Å²) in [5.41, 5.74) is 1.44. The van der Waals surface area contributed by atoms with Gasteiger partial charge in [0.1, 0.15) is 17.7 Å². The number of rotatable bonds is 7. The van der Waals surface area contributed by atoms with Gasteiger partial charge in [0.15, 0.2) is 0 Å². The number of aliphatic hydroxyl groups is 1. The fraction of sp³-hybridized carbons (Fsp3) is 0.450. The molecule has 0 unspecified atom stereocenters. The summed E-state index contributed by atoms with van der Waals surface area (Å²) in [5.74, 6) is 0.0109. The van der Waals surface area contributed by atoms with Gasteiger partial charge < -0.3 is 24.6 Å². The summed E-state index contributed by atoms with van der Waals surface area (Å²) in [7, 11) is 3.25. The number of nitrogens with one attached hydrogen (secondary N) is 1. The zero-order chi connectivity index (χ0) is 20.1. The molecule has 150 valence electrons. The number of carbonyl (C=O) groups excluding carboxylic acids is 2. The Balaban J connectivity index is 1.54. The molecule has 0 aliphatic heterocycles. The lowest BCUT2D eigenvalue weighted by Gasteiger charge is -2.20. The number of benzene rings is 1. The third-order valence-electron chi connectivity index (χ3n) is 5.03. The molecule has 0 saturated heterocycles. The number of ether oxygens (including phenoxy) is 1. The Morgan fingerprint density at radius 3 is 2.82 bits per heavy atom. The maximum atomic E-state index is 12.7. The smallest absolute Gasteiger partial charge is 0.225 e. The number of methoxy groups -OCH3 is 1. The van der Waals surface area contributed by atoms with Crippen LogP contribution in [0.4, 0.5) is 0 Å². The largest absolute Gasteiger partial charge is 0.496 e. The zero-order valence-electron chi connectivity index (χ0n) is 16.0. The van der Waals surface area contributed by atoms with Gasteiger partial charge in [-0.25, -0.2) is 0 Å². The normalized spacial score (nSPS) is 21.3. The van der Waals surface area contributed by atoms with Crippen LogP contribution in [0.3, 0.4) is 0 Å². The molecule has 1 heterocycles. The molecule has 2 aromatic rings. The molecule has 28 heavy (non-hydrogen) atoms. The van der Waals surface area contributed by atoms with Crippen molar-refractivity contribution in [3.8, 4) is 5.75 Å². The van der Waals surface area contributed by atoms with Crippen molar-refractivity contribution in [2.24, 2.45) is 5.92 Å². The van der Waals surface area contributed by atoms with Crippen LogP contribution in [0.25, 0.3) is 0 Å². The summed E-state index contributed by atoms with van der Waals surface area (Å²) in [4.78, 5) is 26.6. The van der Waals surface area contributed by atoms with Crippen LogP contribution in [0.2, 0.25) is 0 Å². The minimum atomic E-state index is -0.754. The fourth-order valence-corrected chi connectivity index (χ4v) is 3.60. The van der Waals surface area contributed by atoms with Gasteiger partial charge in [0, 0.05) is 24.6 Å². The van der Waals surface area contributed by atoms with Gasteiger partial charge in [-0.3, -0.25) is 9.59 Å². The maximum absolute atomic E-state index is 12.7. The molecule has 2 N–H and O–H groups in total. The number of hydrogen-bond donors (Lipinski definition) is 2. The third-order valence-corrected chi connectivity index (χ3v) is 5.03. The Bertz CT molecular complexity index is 808. The van der Waals surface area contributed by atoms with Gasteiger partial charge in [0.05, 0.1) is 32.2 Å². The molecule has 1 fully saturated rings. The number of nitrogens with zero attached hydrogens (tertiary/aromatic N) is 2. The highest BCUT2D eigenvalue weighted by molar-refractivity contribution is 5.81. The summed E-state index contributed by atoms with van der Waals surface area (Å²) in [6.07, 6.45) is 1.58. The first kappa shape index (κ1) is 19.9.